The van der Waals surface area contributed by atoms with Crippen LogP contribution in [0.2, 0.25) is 10.0 Å². The van der Waals surface area contributed by atoms with E-state index in [2.05, 4.69) is 35.4 Å². The molecule has 1 aliphatic rings. The van der Waals surface area contributed by atoms with Crippen LogP contribution in [0.3, 0.4) is 0 Å². The number of rotatable bonds is 3. The predicted octanol–water partition coefficient (Wildman–Crippen LogP) is 6.01. The first kappa shape index (κ1) is 18.9. The monoisotopic (exact) mass is 433 g/mol. The molecule has 0 radical (unpaired) electrons. The normalized spacial score (nSPS) is 15.3. The fraction of sp³-hybridized carbons (Fsp3) is 0.0870. The summed E-state index contributed by atoms with van der Waals surface area (Å²) in [6.45, 7) is 2.05. The average Bonchev–Trinajstić information content (AvgIpc) is 3.20. The smallest absolute Gasteiger partial charge is 0.227 e. The van der Waals surface area contributed by atoms with E-state index in [1.54, 1.807) is 24.5 Å². The third kappa shape index (κ3) is 3.47. The number of hydrogen-bond donors (Lipinski definition) is 1. The molecule has 2 aromatic carbocycles. The second-order valence-electron chi connectivity index (χ2n) is 7.12. The molecule has 2 aromatic heterocycles. The molecule has 0 saturated carbocycles. The summed E-state index contributed by atoms with van der Waals surface area (Å²) in [6.07, 6.45) is 5.60. The molecule has 0 aliphatic carbocycles. The molecule has 5 rings (SSSR count). The van der Waals surface area contributed by atoms with Gasteiger partial charge >= 0.3 is 0 Å². The molecule has 0 saturated heterocycles. The van der Waals surface area contributed by atoms with E-state index in [-0.39, 0.29) is 6.04 Å². The number of anilines is 1. The van der Waals surface area contributed by atoms with Crippen molar-refractivity contribution in [2.45, 2.75) is 13.0 Å². The summed E-state index contributed by atoms with van der Waals surface area (Å²) in [5, 5.41) is 9.43. The lowest BCUT2D eigenvalue weighted by molar-refractivity contribution is 0.613. The van der Waals surface area contributed by atoms with Crippen LogP contribution in [0.1, 0.15) is 22.7 Å². The van der Waals surface area contributed by atoms with Crippen LogP contribution in [0.15, 0.2) is 73.1 Å². The van der Waals surface area contributed by atoms with Gasteiger partial charge in [0.25, 0.3) is 0 Å². The van der Waals surface area contributed by atoms with Crippen LogP contribution in [0.4, 0.5) is 5.95 Å². The maximum Gasteiger partial charge on any atom is 0.227 e. The number of nitrogens with one attached hydrogen (secondary N) is 1. The highest BCUT2D eigenvalue weighted by molar-refractivity contribution is 6.33. The van der Waals surface area contributed by atoms with Crippen molar-refractivity contribution in [3.8, 4) is 11.4 Å². The molecular weight excluding hydrogens is 417 g/mol. The molecule has 0 amide bonds. The van der Waals surface area contributed by atoms with Crippen molar-refractivity contribution in [1.82, 2.24) is 19.7 Å². The summed E-state index contributed by atoms with van der Waals surface area (Å²) in [6, 6.07) is 17.2. The fourth-order valence-corrected chi connectivity index (χ4v) is 3.89. The van der Waals surface area contributed by atoms with Gasteiger partial charge in [-0.3, -0.25) is 4.98 Å². The van der Waals surface area contributed by atoms with Crippen molar-refractivity contribution >= 4 is 34.8 Å². The average molecular weight is 434 g/mol. The first-order valence-electron chi connectivity index (χ1n) is 9.46. The number of aromatic nitrogens is 4. The number of pyridine rings is 1. The zero-order valence-corrected chi connectivity index (χ0v) is 17.6. The number of aryl methyl sites for hydroxylation is 1. The number of benzene rings is 2. The van der Waals surface area contributed by atoms with Gasteiger partial charge in [0.2, 0.25) is 5.95 Å². The lowest BCUT2D eigenvalue weighted by Gasteiger charge is -2.25. The Hall–Kier alpha value is -3.15. The van der Waals surface area contributed by atoms with Crippen LogP contribution in [-0.2, 0) is 0 Å². The third-order valence-corrected chi connectivity index (χ3v) is 5.62. The second kappa shape index (κ2) is 7.59. The van der Waals surface area contributed by atoms with E-state index < -0.39 is 0 Å². The summed E-state index contributed by atoms with van der Waals surface area (Å²) < 4.78 is 1.84. The van der Waals surface area contributed by atoms with E-state index in [1.807, 2.05) is 35.0 Å². The molecule has 0 spiro atoms. The van der Waals surface area contributed by atoms with Gasteiger partial charge < -0.3 is 5.32 Å². The van der Waals surface area contributed by atoms with Gasteiger partial charge in [-0.2, -0.15) is 4.98 Å². The third-order valence-electron chi connectivity index (χ3n) is 5.04. The Bertz CT molecular complexity index is 1250. The number of nitrogens with zero attached hydrogens (tertiary/aromatic N) is 4. The Balaban J connectivity index is 1.66. The van der Waals surface area contributed by atoms with Gasteiger partial charge in [-0.15, -0.1) is 5.10 Å². The number of fused-ring (bicyclic) bond motifs is 1. The lowest BCUT2D eigenvalue weighted by Crippen LogP contribution is -2.20. The van der Waals surface area contributed by atoms with Crippen molar-refractivity contribution in [2.24, 2.45) is 0 Å². The topological polar surface area (TPSA) is 55.6 Å². The lowest BCUT2D eigenvalue weighted by atomic mass is 10.0. The molecule has 0 fully saturated rings. The highest BCUT2D eigenvalue weighted by atomic mass is 35.5. The summed E-state index contributed by atoms with van der Waals surface area (Å²) in [5.41, 5.74) is 4.91. The first-order chi connectivity index (χ1) is 14.6. The Morgan fingerprint density at radius 2 is 1.70 bits per heavy atom. The largest absolute Gasteiger partial charge is 0.324 e. The minimum absolute atomic E-state index is 0.262. The Labute approximate surface area is 184 Å². The standard InChI is InChI=1S/C23H17Cl2N5/c1-14-2-4-16(5-3-14)22-28-23-27-20(15-8-10-26-11-9-15)13-21(30(23)29-22)18-12-17(24)6-7-19(18)25/h2-13,21H,1H3,(H,27,28,29). The minimum atomic E-state index is -0.262. The van der Waals surface area contributed by atoms with Crippen molar-refractivity contribution in [3.05, 3.63) is 99.8 Å². The maximum absolute atomic E-state index is 6.55. The molecule has 148 valence electrons. The summed E-state index contributed by atoms with van der Waals surface area (Å²) in [7, 11) is 0. The summed E-state index contributed by atoms with van der Waals surface area (Å²) in [4.78, 5) is 8.87. The molecule has 1 atom stereocenters. The summed E-state index contributed by atoms with van der Waals surface area (Å²) >= 11 is 12.8. The summed E-state index contributed by atoms with van der Waals surface area (Å²) in [5.74, 6) is 1.28. The van der Waals surface area contributed by atoms with Gasteiger partial charge in [-0.1, -0.05) is 53.0 Å². The highest BCUT2D eigenvalue weighted by Gasteiger charge is 2.27. The highest BCUT2D eigenvalue weighted by Crippen LogP contribution is 2.37. The minimum Gasteiger partial charge on any atom is -0.324 e. The van der Waals surface area contributed by atoms with Crippen LogP contribution in [0.25, 0.3) is 17.1 Å². The van der Waals surface area contributed by atoms with Crippen LogP contribution in [-0.4, -0.2) is 19.7 Å². The Morgan fingerprint density at radius 3 is 2.47 bits per heavy atom. The molecule has 30 heavy (non-hydrogen) atoms. The van der Waals surface area contributed by atoms with E-state index >= 15 is 0 Å². The van der Waals surface area contributed by atoms with Crippen molar-refractivity contribution in [3.63, 3.8) is 0 Å². The van der Waals surface area contributed by atoms with Gasteiger partial charge in [0.05, 0.1) is 0 Å². The molecule has 3 heterocycles. The van der Waals surface area contributed by atoms with Gasteiger partial charge in [-0.05, 0) is 43.3 Å². The number of halogens is 2. The molecular formula is C23H17Cl2N5. The van der Waals surface area contributed by atoms with Gasteiger partial charge in [0.1, 0.15) is 6.04 Å². The second-order valence-corrected chi connectivity index (χ2v) is 7.97. The molecule has 1 unspecified atom stereocenters. The number of hydrogen-bond acceptors (Lipinski definition) is 4. The molecule has 1 aliphatic heterocycles. The molecule has 0 bridgehead atoms. The Morgan fingerprint density at radius 1 is 0.933 bits per heavy atom. The van der Waals surface area contributed by atoms with Gasteiger partial charge in [0, 0.05) is 44.8 Å². The predicted molar refractivity (Wildman–Crippen MR) is 121 cm³/mol. The van der Waals surface area contributed by atoms with Crippen LogP contribution >= 0.6 is 23.2 Å². The zero-order chi connectivity index (χ0) is 20.7. The molecule has 4 aromatic rings. The first-order valence-corrected chi connectivity index (χ1v) is 10.2. The molecule has 7 heteroatoms. The molecule has 5 nitrogen and oxygen atoms in total. The molecule has 1 N–H and O–H groups in total. The van der Waals surface area contributed by atoms with Crippen molar-refractivity contribution < 1.29 is 0 Å². The fourth-order valence-electron chi connectivity index (χ4n) is 3.48. The quantitative estimate of drug-likeness (QED) is 0.429. The van der Waals surface area contributed by atoms with E-state index in [0.717, 1.165) is 22.4 Å². The van der Waals surface area contributed by atoms with Gasteiger partial charge in [-0.25, -0.2) is 4.68 Å². The van der Waals surface area contributed by atoms with E-state index in [0.29, 0.717) is 21.8 Å². The Kier molecular flexibility index (Phi) is 4.77. The van der Waals surface area contributed by atoms with Crippen LogP contribution < -0.4 is 5.32 Å². The zero-order valence-electron chi connectivity index (χ0n) is 16.1. The van der Waals surface area contributed by atoms with Crippen molar-refractivity contribution in [1.29, 1.82) is 0 Å². The van der Waals surface area contributed by atoms with Gasteiger partial charge in [0.15, 0.2) is 5.82 Å². The van der Waals surface area contributed by atoms with E-state index in [1.165, 1.54) is 5.56 Å². The van der Waals surface area contributed by atoms with Crippen LogP contribution in [0, 0.1) is 6.92 Å². The van der Waals surface area contributed by atoms with Crippen molar-refractivity contribution in [2.75, 3.05) is 5.32 Å². The maximum atomic E-state index is 6.55. The number of allylic oxidation sites excluding steroid dienone is 1. The van der Waals surface area contributed by atoms with Crippen LogP contribution in [0.5, 0.6) is 0 Å². The van der Waals surface area contributed by atoms with E-state index in [9.17, 15) is 0 Å². The van der Waals surface area contributed by atoms with E-state index in [4.69, 9.17) is 33.3 Å². The SMILES string of the molecule is Cc1ccc(-c2nc3n(n2)C(c2cc(Cl)ccc2Cl)C=C(c2ccncc2)N3)cc1.